The third kappa shape index (κ3) is 6.76. The fourth-order valence-corrected chi connectivity index (χ4v) is 3.50. The quantitative estimate of drug-likeness (QED) is 0.731. The highest BCUT2D eigenvalue weighted by molar-refractivity contribution is 6.30. The van der Waals surface area contributed by atoms with Gasteiger partial charge in [-0.15, -0.1) is 12.4 Å². The molecule has 1 aliphatic heterocycles. The van der Waals surface area contributed by atoms with E-state index in [-0.39, 0.29) is 30.9 Å². The van der Waals surface area contributed by atoms with E-state index in [1.54, 1.807) is 6.07 Å². The molecule has 0 radical (unpaired) electrons. The Morgan fingerprint density at radius 3 is 2.54 bits per heavy atom. The molecule has 0 unspecified atom stereocenters. The zero-order valence-electron chi connectivity index (χ0n) is 15.2. The van der Waals surface area contributed by atoms with Crippen LogP contribution in [0.5, 0.6) is 0 Å². The van der Waals surface area contributed by atoms with Gasteiger partial charge < -0.3 is 10.4 Å². The van der Waals surface area contributed by atoms with Crippen molar-refractivity contribution in [2.75, 3.05) is 38.0 Å². The number of carboxylic acids is 1. The van der Waals surface area contributed by atoms with Crippen molar-refractivity contribution >= 4 is 41.6 Å². The second-order valence-corrected chi connectivity index (χ2v) is 6.91. The average molecular weight is 404 g/mol. The molecule has 1 amide bonds. The number of amides is 1. The largest absolute Gasteiger partial charge is 0.480 e. The number of hydrogen-bond donors (Lipinski definition) is 2. The van der Waals surface area contributed by atoms with Crippen molar-refractivity contribution in [3.05, 3.63) is 28.8 Å². The van der Waals surface area contributed by atoms with Crippen molar-refractivity contribution in [2.24, 2.45) is 0 Å². The summed E-state index contributed by atoms with van der Waals surface area (Å²) in [7, 11) is 0. The average Bonchev–Trinajstić information content (AvgIpc) is 2.56. The van der Waals surface area contributed by atoms with Crippen LogP contribution in [0.1, 0.15) is 25.3 Å². The van der Waals surface area contributed by atoms with Crippen molar-refractivity contribution in [1.29, 1.82) is 0 Å². The zero-order valence-corrected chi connectivity index (χ0v) is 16.8. The number of carboxylic acid groups (broad SMARTS) is 1. The summed E-state index contributed by atoms with van der Waals surface area (Å²) < 4.78 is 0. The molecule has 1 heterocycles. The number of carbonyl (C=O) groups excluding carboxylic acids is 1. The van der Waals surface area contributed by atoms with E-state index in [1.807, 2.05) is 30.9 Å². The second kappa shape index (κ2) is 10.7. The lowest BCUT2D eigenvalue weighted by Crippen LogP contribution is -2.48. The van der Waals surface area contributed by atoms with E-state index in [4.69, 9.17) is 16.7 Å². The van der Waals surface area contributed by atoms with Crippen LogP contribution in [0, 0.1) is 6.92 Å². The van der Waals surface area contributed by atoms with Crippen molar-refractivity contribution in [1.82, 2.24) is 9.80 Å². The Morgan fingerprint density at radius 2 is 2.00 bits per heavy atom. The lowest BCUT2D eigenvalue weighted by atomic mass is 10.0. The molecule has 6 nitrogen and oxygen atoms in total. The van der Waals surface area contributed by atoms with E-state index >= 15 is 0 Å². The Balaban J connectivity index is 0.00000338. The smallest absolute Gasteiger partial charge is 0.317 e. The van der Waals surface area contributed by atoms with Crippen molar-refractivity contribution in [3.63, 3.8) is 0 Å². The van der Waals surface area contributed by atoms with Crippen LogP contribution in [0.4, 0.5) is 5.69 Å². The first kappa shape index (κ1) is 22.7. The van der Waals surface area contributed by atoms with Gasteiger partial charge >= 0.3 is 5.97 Å². The van der Waals surface area contributed by atoms with Crippen molar-refractivity contribution in [3.8, 4) is 0 Å². The molecule has 1 aromatic carbocycles. The maximum atomic E-state index is 12.3. The highest BCUT2D eigenvalue weighted by Crippen LogP contribution is 2.20. The van der Waals surface area contributed by atoms with Gasteiger partial charge in [-0.1, -0.05) is 18.5 Å². The molecule has 1 aliphatic rings. The van der Waals surface area contributed by atoms with Gasteiger partial charge in [0.05, 0.1) is 13.1 Å². The molecule has 1 saturated heterocycles. The molecule has 1 fully saturated rings. The predicted octanol–water partition coefficient (Wildman–Crippen LogP) is 2.88. The molecule has 26 heavy (non-hydrogen) atoms. The molecule has 2 rings (SSSR count). The number of halogens is 2. The van der Waals surface area contributed by atoms with Gasteiger partial charge in [-0.2, -0.15) is 0 Å². The first-order valence-electron chi connectivity index (χ1n) is 8.63. The lowest BCUT2D eigenvalue weighted by molar-refractivity contribution is -0.139. The molecule has 0 bridgehead atoms. The monoisotopic (exact) mass is 403 g/mol. The minimum atomic E-state index is -0.790. The normalized spacial score (nSPS) is 15.5. The summed E-state index contributed by atoms with van der Waals surface area (Å²) >= 11 is 5.93. The summed E-state index contributed by atoms with van der Waals surface area (Å²) in [6.07, 6.45) is 1.77. The first-order valence-corrected chi connectivity index (χ1v) is 9.01. The molecular formula is C18H27Cl2N3O3. The molecule has 0 aromatic heterocycles. The van der Waals surface area contributed by atoms with Crippen LogP contribution in [-0.2, 0) is 9.59 Å². The summed E-state index contributed by atoms with van der Waals surface area (Å²) in [6.45, 7) is 6.65. The van der Waals surface area contributed by atoms with Gasteiger partial charge in [-0.25, -0.2) is 0 Å². The van der Waals surface area contributed by atoms with Gasteiger partial charge in [0.25, 0.3) is 0 Å². The number of nitrogens with one attached hydrogen (secondary N) is 1. The molecule has 1 aromatic rings. The Bertz CT molecular complexity index is 620. The minimum absolute atomic E-state index is 0. The summed E-state index contributed by atoms with van der Waals surface area (Å²) in [5.41, 5.74) is 1.72. The first-order chi connectivity index (χ1) is 11.9. The summed E-state index contributed by atoms with van der Waals surface area (Å²) in [6, 6.07) is 5.67. The fourth-order valence-electron chi connectivity index (χ4n) is 3.28. The number of aliphatic carboxylic acids is 1. The Labute approximate surface area is 165 Å². The van der Waals surface area contributed by atoms with Crippen LogP contribution < -0.4 is 5.32 Å². The van der Waals surface area contributed by atoms with E-state index in [0.29, 0.717) is 11.6 Å². The third-order valence-electron chi connectivity index (χ3n) is 4.65. The Morgan fingerprint density at radius 1 is 1.35 bits per heavy atom. The molecule has 8 heteroatoms. The number of likely N-dealkylation sites (N-methyl/N-ethyl adjacent to an activating group) is 1. The van der Waals surface area contributed by atoms with Gasteiger partial charge in [0.15, 0.2) is 0 Å². The number of nitrogens with zero attached hydrogens (tertiary/aromatic N) is 2. The maximum Gasteiger partial charge on any atom is 0.317 e. The second-order valence-electron chi connectivity index (χ2n) is 6.47. The Hall–Kier alpha value is -1.34. The molecule has 0 atom stereocenters. The van der Waals surface area contributed by atoms with Gasteiger partial charge in [0, 0.05) is 29.8 Å². The number of piperidine rings is 1. The highest BCUT2D eigenvalue weighted by atomic mass is 35.5. The fraction of sp³-hybridized carbons (Fsp3) is 0.556. The van der Waals surface area contributed by atoms with Gasteiger partial charge in [0.2, 0.25) is 5.91 Å². The van der Waals surface area contributed by atoms with Gasteiger partial charge in [-0.05, 0) is 50.1 Å². The van der Waals surface area contributed by atoms with E-state index in [2.05, 4.69) is 10.2 Å². The standard InChI is InChI=1S/C18H26ClN3O3.ClH/c1-3-22(12-18(24)25)15-6-8-21(9-7-15)11-17(23)20-16-5-4-14(19)10-13(16)2;/h4-5,10,15H,3,6-9,11-12H2,1-2H3,(H,20,23)(H,24,25);1H. The zero-order chi connectivity index (χ0) is 18.4. The SMILES string of the molecule is CCN(CC(=O)O)C1CCN(CC(=O)Nc2ccc(Cl)cc2C)CC1.Cl. The van der Waals surface area contributed by atoms with E-state index in [0.717, 1.165) is 43.7 Å². The van der Waals surface area contributed by atoms with E-state index < -0.39 is 5.97 Å². The topological polar surface area (TPSA) is 72.9 Å². The number of rotatable bonds is 7. The Kier molecular flexibility index (Phi) is 9.36. The highest BCUT2D eigenvalue weighted by Gasteiger charge is 2.25. The lowest BCUT2D eigenvalue weighted by Gasteiger charge is -2.37. The van der Waals surface area contributed by atoms with E-state index in [9.17, 15) is 9.59 Å². The van der Waals surface area contributed by atoms with Crippen LogP contribution in [-0.4, -0.2) is 65.5 Å². The van der Waals surface area contributed by atoms with Crippen LogP contribution >= 0.6 is 24.0 Å². The number of anilines is 1. The van der Waals surface area contributed by atoms with Crippen LogP contribution in [0.2, 0.25) is 5.02 Å². The summed E-state index contributed by atoms with van der Waals surface area (Å²) in [4.78, 5) is 27.3. The summed E-state index contributed by atoms with van der Waals surface area (Å²) in [5, 5.41) is 12.6. The molecule has 0 spiro atoms. The van der Waals surface area contributed by atoms with E-state index in [1.165, 1.54) is 0 Å². The van der Waals surface area contributed by atoms with Gasteiger partial charge in [0.1, 0.15) is 0 Å². The maximum absolute atomic E-state index is 12.3. The van der Waals surface area contributed by atoms with Crippen LogP contribution in [0.25, 0.3) is 0 Å². The molecular weight excluding hydrogens is 377 g/mol. The third-order valence-corrected chi connectivity index (χ3v) is 4.88. The number of likely N-dealkylation sites (tertiary alicyclic amines) is 1. The number of carbonyl (C=O) groups is 2. The molecule has 2 N–H and O–H groups in total. The minimum Gasteiger partial charge on any atom is -0.480 e. The van der Waals surface area contributed by atoms with Gasteiger partial charge in [-0.3, -0.25) is 19.4 Å². The summed E-state index contributed by atoms with van der Waals surface area (Å²) in [5.74, 6) is -0.830. The molecule has 0 aliphatic carbocycles. The van der Waals surface area contributed by atoms with Crippen LogP contribution in [0.3, 0.4) is 0 Å². The number of benzene rings is 1. The molecule has 0 saturated carbocycles. The van der Waals surface area contributed by atoms with Crippen LogP contribution in [0.15, 0.2) is 18.2 Å². The predicted molar refractivity (Wildman–Crippen MR) is 106 cm³/mol. The number of hydrogen-bond acceptors (Lipinski definition) is 4. The number of aryl methyl sites for hydroxylation is 1. The van der Waals surface area contributed by atoms with Crippen molar-refractivity contribution < 1.29 is 14.7 Å². The molecule has 146 valence electrons. The van der Waals surface area contributed by atoms with Crippen molar-refractivity contribution in [2.45, 2.75) is 32.7 Å².